The fourth-order valence-electron chi connectivity index (χ4n) is 1.94. The molecule has 0 aliphatic carbocycles. The highest BCUT2D eigenvalue weighted by atomic mass is 19.1. The minimum atomic E-state index is -1.17. The molecule has 0 saturated heterocycles. The molecule has 120 valence electrons. The van der Waals surface area contributed by atoms with Crippen molar-refractivity contribution in [1.82, 2.24) is 0 Å². The molecule has 2 aromatic carbocycles. The van der Waals surface area contributed by atoms with Crippen molar-refractivity contribution >= 4 is 23.2 Å². The fourth-order valence-corrected chi connectivity index (χ4v) is 1.94. The van der Waals surface area contributed by atoms with Crippen LogP contribution in [-0.4, -0.2) is 15.8 Å². The zero-order valence-electron chi connectivity index (χ0n) is 12.1. The van der Waals surface area contributed by atoms with Crippen molar-refractivity contribution in [2.75, 3.05) is 5.73 Å². The number of phenolic OH excluding ortho intramolecular Hbond substituents is 1. The number of carbonyl (C=O) groups excluding carboxylic acids is 1. The van der Waals surface area contributed by atoms with Gasteiger partial charge >= 0.3 is 5.69 Å². The fraction of sp³-hybridized carbons (Fsp3) is 0. The van der Waals surface area contributed by atoms with E-state index in [9.17, 15) is 24.4 Å². The van der Waals surface area contributed by atoms with Gasteiger partial charge in [0.15, 0.2) is 17.3 Å². The molecule has 0 fully saturated rings. The smallest absolute Gasteiger partial charge is 0.337 e. The number of rotatable bonds is 4. The van der Waals surface area contributed by atoms with Crippen LogP contribution in [0, 0.1) is 27.3 Å². The molecule has 2 aromatic rings. The van der Waals surface area contributed by atoms with Crippen LogP contribution in [0.25, 0.3) is 6.08 Å². The number of nitro benzene ring substituents is 1. The highest BCUT2D eigenvalue weighted by Gasteiger charge is 2.27. The molecule has 0 heterocycles. The Morgan fingerprint density at radius 1 is 1.38 bits per heavy atom. The highest BCUT2D eigenvalue weighted by Crippen LogP contribution is 2.37. The predicted molar refractivity (Wildman–Crippen MR) is 83.7 cm³/mol. The number of nitrogens with zero attached hydrogens (tertiary/aromatic N) is 2. The SMILES string of the molecule is N#Cc1ccc(C=CC(=O)c2cc(F)c(N)c([N+](=O)[O-])c2O)cc1. The van der Waals surface area contributed by atoms with Crippen LogP contribution in [0.5, 0.6) is 5.75 Å². The molecule has 0 spiro atoms. The van der Waals surface area contributed by atoms with Gasteiger partial charge in [0.2, 0.25) is 5.75 Å². The topological polar surface area (TPSA) is 130 Å². The van der Waals surface area contributed by atoms with E-state index in [0.717, 1.165) is 6.08 Å². The number of phenols is 1. The summed E-state index contributed by atoms with van der Waals surface area (Å²) in [7, 11) is 0. The van der Waals surface area contributed by atoms with Crippen molar-refractivity contribution < 1.29 is 19.2 Å². The average Bonchev–Trinajstić information content (AvgIpc) is 2.56. The number of allylic oxidation sites excluding steroid dienone is 1. The number of nitrogens with two attached hydrogens (primary N) is 1. The van der Waals surface area contributed by atoms with Gasteiger partial charge in [0.05, 0.1) is 22.1 Å². The predicted octanol–water partition coefficient (Wildman–Crippen LogP) is 2.79. The molecule has 0 aromatic heterocycles. The third-order valence-electron chi connectivity index (χ3n) is 3.18. The zero-order chi connectivity index (χ0) is 17.9. The Kier molecular flexibility index (Phi) is 4.56. The first-order valence-electron chi connectivity index (χ1n) is 6.53. The molecule has 7 nitrogen and oxygen atoms in total. The number of aromatic hydroxyl groups is 1. The number of hydrogen-bond acceptors (Lipinski definition) is 6. The molecule has 0 aliphatic rings. The summed E-state index contributed by atoms with van der Waals surface area (Å²) in [5, 5.41) is 29.4. The molecule has 3 N–H and O–H groups in total. The molecule has 0 atom stereocenters. The van der Waals surface area contributed by atoms with Gasteiger partial charge < -0.3 is 10.8 Å². The van der Waals surface area contributed by atoms with Crippen LogP contribution in [-0.2, 0) is 0 Å². The highest BCUT2D eigenvalue weighted by molar-refractivity contribution is 6.09. The first-order chi connectivity index (χ1) is 11.3. The molecule has 0 unspecified atom stereocenters. The lowest BCUT2D eigenvalue weighted by Crippen LogP contribution is -2.04. The van der Waals surface area contributed by atoms with E-state index < -0.39 is 39.2 Å². The monoisotopic (exact) mass is 327 g/mol. The van der Waals surface area contributed by atoms with Crippen LogP contribution in [0.4, 0.5) is 15.8 Å². The maximum Gasteiger partial charge on any atom is 0.337 e. The molecule has 0 aliphatic heterocycles. The molecule has 8 heteroatoms. The normalized spacial score (nSPS) is 10.5. The van der Waals surface area contributed by atoms with E-state index in [2.05, 4.69) is 0 Å². The second-order valence-corrected chi connectivity index (χ2v) is 4.71. The van der Waals surface area contributed by atoms with Gasteiger partial charge in [-0.25, -0.2) is 4.39 Å². The van der Waals surface area contributed by atoms with Gasteiger partial charge in [-0.05, 0) is 29.8 Å². The van der Waals surface area contributed by atoms with Crippen LogP contribution in [0.15, 0.2) is 36.4 Å². The molecule has 0 amide bonds. The maximum absolute atomic E-state index is 13.6. The van der Waals surface area contributed by atoms with Gasteiger partial charge in [-0.2, -0.15) is 5.26 Å². The summed E-state index contributed by atoms with van der Waals surface area (Å²) < 4.78 is 13.6. The molecule has 24 heavy (non-hydrogen) atoms. The van der Waals surface area contributed by atoms with Gasteiger partial charge in [0.25, 0.3) is 0 Å². The number of hydrogen-bond donors (Lipinski definition) is 2. The minimum absolute atomic E-state index is 0.437. The number of nitriles is 1. The van der Waals surface area contributed by atoms with Gasteiger partial charge in [0.1, 0.15) is 0 Å². The van der Waals surface area contributed by atoms with Crippen LogP contribution in [0.1, 0.15) is 21.5 Å². The van der Waals surface area contributed by atoms with Crippen molar-refractivity contribution in [2.45, 2.75) is 0 Å². The lowest BCUT2D eigenvalue weighted by molar-refractivity contribution is -0.385. The Hall–Kier alpha value is -3.73. The van der Waals surface area contributed by atoms with Gasteiger partial charge in [-0.1, -0.05) is 18.2 Å². The number of ketones is 1. The summed E-state index contributed by atoms with van der Waals surface area (Å²) in [6.45, 7) is 0. The third kappa shape index (κ3) is 3.20. The summed E-state index contributed by atoms with van der Waals surface area (Å²) in [4.78, 5) is 21.9. The van der Waals surface area contributed by atoms with Gasteiger partial charge in [-0.3, -0.25) is 14.9 Å². The first kappa shape index (κ1) is 16.6. The largest absolute Gasteiger partial charge is 0.502 e. The second kappa shape index (κ2) is 6.58. The molecular formula is C16H10FN3O4. The van der Waals surface area contributed by atoms with Gasteiger partial charge in [-0.15, -0.1) is 0 Å². The molecule has 0 bridgehead atoms. The summed E-state index contributed by atoms with van der Waals surface area (Å²) >= 11 is 0. The number of nitrogen functional groups attached to an aromatic ring is 1. The van der Waals surface area contributed by atoms with E-state index in [0.29, 0.717) is 17.2 Å². The molecule has 0 radical (unpaired) electrons. The number of halogens is 1. The maximum atomic E-state index is 13.6. The lowest BCUT2D eigenvalue weighted by atomic mass is 10.0. The van der Waals surface area contributed by atoms with Crippen LogP contribution >= 0.6 is 0 Å². The Morgan fingerprint density at radius 3 is 2.54 bits per heavy atom. The first-order valence-corrected chi connectivity index (χ1v) is 6.53. The van der Waals surface area contributed by atoms with E-state index in [1.807, 2.05) is 6.07 Å². The summed E-state index contributed by atoms with van der Waals surface area (Å²) in [6, 6.07) is 8.81. The quantitative estimate of drug-likeness (QED) is 0.292. The van der Waals surface area contributed by atoms with Crippen LogP contribution in [0.3, 0.4) is 0 Å². The Bertz CT molecular complexity index is 899. The zero-order valence-corrected chi connectivity index (χ0v) is 12.1. The summed E-state index contributed by atoms with van der Waals surface area (Å²) in [5.74, 6) is -3.00. The third-order valence-corrected chi connectivity index (χ3v) is 3.18. The van der Waals surface area contributed by atoms with E-state index >= 15 is 0 Å². The number of benzene rings is 2. The average molecular weight is 327 g/mol. The number of nitro groups is 1. The number of carbonyl (C=O) groups is 1. The summed E-state index contributed by atoms with van der Waals surface area (Å²) in [5.41, 5.74) is 3.76. The number of anilines is 1. The Morgan fingerprint density at radius 2 is 2.00 bits per heavy atom. The van der Waals surface area contributed by atoms with Crippen LogP contribution < -0.4 is 5.73 Å². The van der Waals surface area contributed by atoms with E-state index in [1.165, 1.54) is 18.2 Å². The standard InChI is InChI=1S/C16H10FN3O4/c17-12-7-11(16(22)15(14(12)19)20(23)24)13(21)6-5-9-1-3-10(8-18)4-2-9/h1-7,22H,19H2. The van der Waals surface area contributed by atoms with Crippen molar-refractivity contribution in [1.29, 1.82) is 5.26 Å². The second-order valence-electron chi connectivity index (χ2n) is 4.71. The molecule has 2 rings (SSSR count). The van der Waals surface area contributed by atoms with Crippen LogP contribution in [0.2, 0.25) is 0 Å². The van der Waals surface area contributed by atoms with Gasteiger partial charge in [0, 0.05) is 0 Å². The van der Waals surface area contributed by atoms with Crippen molar-refractivity contribution in [2.24, 2.45) is 0 Å². The lowest BCUT2D eigenvalue weighted by Gasteiger charge is -2.05. The molecule has 0 saturated carbocycles. The Labute approximate surface area is 135 Å². The molecular weight excluding hydrogens is 317 g/mol. The van der Waals surface area contributed by atoms with Crippen molar-refractivity contribution in [3.8, 4) is 11.8 Å². The minimum Gasteiger partial charge on any atom is -0.502 e. The van der Waals surface area contributed by atoms with E-state index in [1.54, 1.807) is 12.1 Å². The van der Waals surface area contributed by atoms with Crippen molar-refractivity contribution in [3.05, 3.63) is 69.0 Å². The van der Waals surface area contributed by atoms with E-state index in [-0.39, 0.29) is 0 Å². The van der Waals surface area contributed by atoms with Crippen molar-refractivity contribution in [3.63, 3.8) is 0 Å². The Balaban J connectivity index is 2.37. The summed E-state index contributed by atoms with van der Waals surface area (Å²) in [6.07, 6.45) is 2.39. The van der Waals surface area contributed by atoms with E-state index in [4.69, 9.17) is 11.0 Å².